The summed E-state index contributed by atoms with van der Waals surface area (Å²) in [4.78, 5) is 15.2. The first-order valence-electron chi connectivity index (χ1n) is 4.51. The van der Waals surface area contributed by atoms with Gasteiger partial charge in [0.1, 0.15) is 5.76 Å². The second-order valence-corrected chi connectivity index (χ2v) is 3.10. The highest BCUT2D eigenvalue weighted by Gasteiger charge is 2.12. The molecule has 80 valence electrons. The Balaban J connectivity index is 2.38. The Morgan fingerprint density at radius 2 is 2.60 bits per heavy atom. The van der Waals surface area contributed by atoms with Gasteiger partial charge in [-0.25, -0.2) is 4.98 Å². The second-order valence-electron chi connectivity index (χ2n) is 3.10. The third kappa shape index (κ3) is 3.44. The third-order valence-corrected chi connectivity index (χ3v) is 1.76. The molecule has 0 fully saturated rings. The van der Waals surface area contributed by atoms with E-state index in [2.05, 4.69) is 16.2 Å². The number of hydrogen-bond donors (Lipinski definition) is 2. The second kappa shape index (κ2) is 5.17. The first-order valence-corrected chi connectivity index (χ1v) is 4.51. The molecule has 0 radical (unpaired) electrons. The Morgan fingerprint density at radius 1 is 1.87 bits per heavy atom. The molecule has 0 aliphatic heterocycles. The summed E-state index contributed by atoms with van der Waals surface area (Å²) in [5.74, 6) is 3.18. The first-order chi connectivity index (χ1) is 7.13. The summed E-state index contributed by atoms with van der Waals surface area (Å²) < 4.78 is 5.17. The molecule has 1 heterocycles. The van der Waals surface area contributed by atoms with E-state index in [1.165, 1.54) is 0 Å². The number of nitrogens with two attached hydrogens (primary N) is 1. The minimum absolute atomic E-state index is 0.219. The van der Waals surface area contributed by atoms with Crippen molar-refractivity contribution in [3.8, 4) is 12.3 Å². The molecule has 0 saturated heterocycles. The number of amides is 1. The lowest BCUT2D eigenvalue weighted by Crippen LogP contribution is -2.39. The molecule has 0 aliphatic carbocycles. The van der Waals surface area contributed by atoms with Crippen LogP contribution in [0.1, 0.15) is 18.1 Å². The minimum Gasteiger partial charge on any atom is -0.444 e. The average Bonchev–Trinajstić information content (AvgIpc) is 2.61. The molecule has 1 amide bonds. The van der Waals surface area contributed by atoms with E-state index in [1.54, 1.807) is 13.1 Å². The minimum atomic E-state index is -0.675. The van der Waals surface area contributed by atoms with Crippen molar-refractivity contribution in [1.82, 2.24) is 10.3 Å². The van der Waals surface area contributed by atoms with Crippen LogP contribution in [0.5, 0.6) is 0 Å². The molecular formula is C10H13N3O2. The fourth-order valence-electron chi connectivity index (χ4n) is 0.997. The van der Waals surface area contributed by atoms with Crippen molar-refractivity contribution < 1.29 is 9.21 Å². The van der Waals surface area contributed by atoms with E-state index in [0.29, 0.717) is 11.7 Å². The van der Waals surface area contributed by atoms with Gasteiger partial charge in [0.25, 0.3) is 0 Å². The van der Waals surface area contributed by atoms with Crippen LogP contribution in [0.3, 0.4) is 0 Å². The zero-order chi connectivity index (χ0) is 11.3. The van der Waals surface area contributed by atoms with Gasteiger partial charge in [0.2, 0.25) is 11.8 Å². The molecular weight excluding hydrogens is 194 g/mol. The third-order valence-electron chi connectivity index (χ3n) is 1.76. The Bertz CT molecular complexity index is 378. The van der Waals surface area contributed by atoms with Gasteiger partial charge >= 0.3 is 0 Å². The Labute approximate surface area is 88.1 Å². The van der Waals surface area contributed by atoms with E-state index < -0.39 is 6.04 Å². The van der Waals surface area contributed by atoms with Crippen LogP contribution >= 0.6 is 0 Å². The number of carbonyl (C=O) groups excluding carboxylic acids is 1. The number of carbonyl (C=O) groups is 1. The highest BCUT2D eigenvalue weighted by atomic mass is 16.4. The van der Waals surface area contributed by atoms with E-state index in [9.17, 15) is 4.79 Å². The summed E-state index contributed by atoms with van der Waals surface area (Å²) in [5.41, 5.74) is 5.49. The van der Waals surface area contributed by atoms with E-state index in [1.807, 2.05) is 0 Å². The maximum Gasteiger partial charge on any atom is 0.238 e. The standard InChI is InChI=1S/C10H13N3O2/c1-3-4-8(11)10(14)13-6-9-12-5-7(2)15-9/h1,5,8H,4,6,11H2,2H3,(H,13,14). The van der Waals surface area contributed by atoms with Crippen molar-refractivity contribution in [2.24, 2.45) is 5.73 Å². The summed E-state index contributed by atoms with van der Waals surface area (Å²) in [6.45, 7) is 2.01. The number of aryl methyl sites for hydroxylation is 1. The summed E-state index contributed by atoms with van der Waals surface area (Å²) >= 11 is 0. The highest BCUT2D eigenvalue weighted by molar-refractivity contribution is 5.81. The molecule has 5 nitrogen and oxygen atoms in total. The van der Waals surface area contributed by atoms with Crippen LogP contribution in [-0.4, -0.2) is 16.9 Å². The molecule has 1 unspecified atom stereocenters. The predicted molar refractivity (Wildman–Crippen MR) is 54.5 cm³/mol. The number of nitrogens with zero attached hydrogens (tertiary/aromatic N) is 1. The summed E-state index contributed by atoms with van der Waals surface area (Å²) in [7, 11) is 0. The van der Waals surface area contributed by atoms with E-state index in [-0.39, 0.29) is 18.9 Å². The molecule has 0 saturated carbocycles. The van der Waals surface area contributed by atoms with Crippen LogP contribution in [0.25, 0.3) is 0 Å². The molecule has 0 aromatic carbocycles. The van der Waals surface area contributed by atoms with Gasteiger partial charge < -0.3 is 15.5 Å². The van der Waals surface area contributed by atoms with Crippen LogP contribution in [0.2, 0.25) is 0 Å². The molecule has 1 aromatic rings. The van der Waals surface area contributed by atoms with Crippen molar-refractivity contribution in [3.05, 3.63) is 17.8 Å². The van der Waals surface area contributed by atoms with Crippen molar-refractivity contribution in [2.45, 2.75) is 25.9 Å². The summed E-state index contributed by atoms with van der Waals surface area (Å²) in [5, 5.41) is 2.58. The summed E-state index contributed by atoms with van der Waals surface area (Å²) in [6.07, 6.45) is 6.84. The van der Waals surface area contributed by atoms with Gasteiger partial charge in [-0.1, -0.05) is 0 Å². The Kier molecular flexibility index (Phi) is 3.89. The summed E-state index contributed by atoms with van der Waals surface area (Å²) in [6, 6.07) is -0.675. The van der Waals surface area contributed by atoms with Gasteiger partial charge in [-0.3, -0.25) is 4.79 Å². The van der Waals surface area contributed by atoms with Gasteiger partial charge in [0.05, 0.1) is 18.8 Å². The molecule has 5 heteroatoms. The van der Waals surface area contributed by atoms with Gasteiger partial charge in [-0.15, -0.1) is 12.3 Å². The molecule has 1 rings (SSSR count). The van der Waals surface area contributed by atoms with Gasteiger partial charge in [-0.2, -0.15) is 0 Å². The largest absolute Gasteiger partial charge is 0.444 e. The molecule has 3 N–H and O–H groups in total. The van der Waals surface area contributed by atoms with Crippen LogP contribution in [0, 0.1) is 19.3 Å². The monoisotopic (exact) mass is 207 g/mol. The lowest BCUT2D eigenvalue weighted by molar-refractivity contribution is -0.122. The van der Waals surface area contributed by atoms with Crippen LogP contribution < -0.4 is 11.1 Å². The average molecular weight is 207 g/mol. The number of nitrogens with one attached hydrogen (secondary N) is 1. The van der Waals surface area contributed by atoms with Crippen LogP contribution in [0.4, 0.5) is 0 Å². The molecule has 0 aliphatic rings. The number of hydrogen-bond acceptors (Lipinski definition) is 4. The highest BCUT2D eigenvalue weighted by Crippen LogP contribution is 2.00. The SMILES string of the molecule is C#CCC(N)C(=O)NCc1ncc(C)o1. The van der Waals surface area contributed by atoms with E-state index in [0.717, 1.165) is 0 Å². The maximum atomic E-state index is 11.3. The number of rotatable bonds is 4. The van der Waals surface area contributed by atoms with E-state index in [4.69, 9.17) is 16.6 Å². The van der Waals surface area contributed by atoms with Crippen molar-refractivity contribution in [1.29, 1.82) is 0 Å². The van der Waals surface area contributed by atoms with Crippen LogP contribution in [0.15, 0.2) is 10.6 Å². The van der Waals surface area contributed by atoms with Gasteiger partial charge in [0, 0.05) is 6.42 Å². The lowest BCUT2D eigenvalue weighted by atomic mass is 10.2. The zero-order valence-corrected chi connectivity index (χ0v) is 8.49. The van der Waals surface area contributed by atoms with Crippen molar-refractivity contribution in [3.63, 3.8) is 0 Å². The predicted octanol–water partition coefficient (Wildman–Crippen LogP) is -0.0502. The number of terminal acetylenes is 1. The quantitative estimate of drug-likeness (QED) is 0.678. The van der Waals surface area contributed by atoms with Crippen LogP contribution in [-0.2, 0) is 11.3 Å². The Hall–Kier alpha value is -1.80. The van der Waals surface area contributed by atoms with Gasteiger partial charge in [-0.05, 0) is 6.92 Å². The smallest absolute Gasteiger partial charge is 0.238 e. The molecule has 1 aromatic heterocycles. The molecule has 0 spiro atoms. The molecule has 1 atom stereocenters. The first kappa shape index (κ1) is 11.3. The molecule has 0 bridgehead atoms. The van der Waals surface area contributed by atoms with Gasteiger partial charge in [0.15, 0.2) is 0 Å². The fourth-order valence-corrected chi connectivity index (χ4v) is 0.997. The zero-order valence-electron chi connectivity index (χ0n) is 8.49. The fraction of sp³-hybridized carbons (Fsp3) is 0.400. The maximum absolute atomic E-state index is 11.3. The van der Waals surface area contributed by atoms with Crippen molar-refractivity contribution >= 4 is 5.91 Å². The number of aromatic nitrogens is 1. The van der Waals surface area contributed by atoms with E-state index >= 15 is 0 Å². The number of oxazole rings is 1. The van der Waals surface area contributed by atoms with Crippen molar-refractivity contribution in [2.75, 3.05) is 0 Å². The topological polar surface area (TPSA) is 81.2 Å². The molecule has 15 heavy (non-hydrogen) atoms. The normalized spacial score (nSPS) is 11.8. The Morgan fingerprint density at radius 3 is 3.13 bits per heavy atom. The lowest BCUT2D eigenvalue weighted by Gasteiger charge is -2.07.